The topological polar surface area (TPSA) is 70.6 Å². The highest BCUT2D eigenvalue weighted by Crippen LogP contribution is 2.32. The maximum absolute atomic E-state index is 12.2. The monoisotopic (exact) mass is 325 g/mol. The Hall–Kier alpha value is -1.76. The van der Waals surface area contributed by atoms with Gasteiger partial charge in [0.2, 0.25) is 0 Å². The van der Waals surface area contributed by atoms with Gasteiger partial charge in [-0.05, 0) is 20.8 Å². The Labute approximate surface area is 134 Å². The number of carbonyl (C=O) groups excluding carboxylic acids is 1. The molecule has 0 aromatic carbocycles. The molecule has 1 amide bonds. The summed E-state index contributed by atoms with van der Waals surface area (Å²) >= 11 is 5.95. The maximum Gasteiger partial charge on any atom is 0.410 e. The number of carbonyl (C=O) groups is 1. The number of hydrogen-bond donors (Lipinski definition) is 1. The molecule has 1 saturated heterocycles. The van der Waals surface area contributed by atoms with Gasteiger partial charge in [-0.2, -0.15) is 0 Å². The first-order valence-electron chi connectivity index (χ1n) is 7.35. The van der Waals surface area contributed by atoms with Gasteiger partial charge in [-0.1, -0.05) is 11.6 Å². The van der Waals surface area contributed by atoms with Crippen LogP contribution in [0.2, 0.25) is 5.15 Å². The van der Waals surface area contributed by atoms with Crippen LogP contribution in [0, 0.1) is 0 Å². The summed E-state index contributed by atoms with van der Waals surface area (Å²) in [6.07, 6.45) is -0.260. The number of fused-ring (bicyclic) bond motifs is 3. The lowest BCUT2D eigenvalue weighted by Gasteiger charge is -2.45. The quantitative estimate of drug-likeness (QED) is 0.786. The molecule has 0 unspecified atom stereocenters. The van der Waals surface area contributed by atoms with Crippen molar-refractivity contribution in [3.63, 3.8) is 0 Å². The van der Waals surface area contributed by atoms with Crippen molar-refractivity contribution in [1.82, 2.24) is 15.1 Å². The van der Waals surface area contributed by atoms with Gasteiger partial charge in [0.1, 0.15) is 5.60 Å². The zero-order chi connectivity index (χ0) is 15.9. The number of ether oxygens (including phenoxy) is 1. The van der Waals surface area contributed by atoms with E-state index in [0.717, 1.165) is 18.1 Å². The third kappa shape index (κ3) is 3.04. The van der Waals surface area contributed by atoms with Crippen LogP contribution in [0.4, 0.5) is 16.3 Å². The molecule has 7 nitrogen and oxygen atoms in total. The molecule has 8 heteroatoms. The third-order valence-electron chi connectivity index (χ3n) is 3.69. The van der Waals surface area contributed by atoms with E-state index in [4.69, 9.17) is 16.3 Å². The van der Waals surface area contributed by atoms with Crippen LogP contribution in [0.5, 0.6) is 0 Å². The van der Waals surface area contributed by atoms with Crippen molar-refractivity contribution in [2.75, 3.05) is 36.4 Å². The molecule has 3 rings (SSSR count). The molecule has 0 saturated carbocycles. The van der Waals surface area contributed by atoms with Gasteiger partial charge in [0.05, 0.1) is 11.7 Å². The molecular formula is C14H20ClN5O2. The van der Waals surface area contributed by atoms with Gasteiger partial charge in [0.15, 0.2) is 11.0 Å². The minimum atomic E-state index is -0.477. The van der Waals surface area contributed by atoms with Crippen LogP contribution in [0.25, 0.3) is 0 Å². The van der Waals surface area contributed by atoms with Gasteiger partial charge in [-0.25, -0.2) is 4.79 Å². The van der Waals surface area contributed by atoms with E-state index < -0.39 is 5.60 Å². The summed E-state index contributed by atoms with van der Waals surface area (Å²) in [5.74, 6) is 0.742. The van der Waals surface area contributed by atoms with Gasteiger partial charge in [0, 0.05) is 32.2 Å². The summed E-state index contributed by atoms with van der Waals surface area (Å²) in [7, 11) is 0. The standard InChI is InChI=1S/C14H20ClN5O2/c1-14(2,3)22-13(21)19-4-5-20-9(8-19)7-16-12-10(20)6-11(15)17-18-12/h6,9H,4-5,7-8H2,1-3H3,(H,16,18)/t9-/m0/s1. The molecule has 0 radical (unpaired) electrons. The molecule has 1 atom stereocenters. The van der Waals surface area contributed by atoms with E-state index in [9.17, 15) is 4.79 Å². The molecule has 0 spiro atoms. The first-order valence-corrected chi connectivity index (χ1v) is 7.73. The van der Waals surface area contributed by atoms with Gasteiger partial charge >= 0.3 is 6.09 Å². The Balaban J connectivity index is 1.72. The SMILES string of the molecule is CC(C)(C)OC(=O)N1CCN2c3cc(Cl)nnc3NC[C@H]2C1. The van der Waals surface area contributed by atoms with Crippen LogP contribution in [-0.2, 0) is 4.74 Å². The average molecular weight is 326 g/mol. The van der Waals surface area contributed by atoms with Crippen LogP contribution in [0.1, 0.15) is 20.8 Å². The van der Waals surface area contributed by atoms with Crippen molar-refractivity contribution in [2.45, 2.75) is 32.4 Å². The Bertz CT molecular complexity index is 589. The fourth-order valence-electron chi connectivity index (χ4n) is 2.76. The van der Waals surface area contributed by atoms with E-state index in [-0.39, 0.29) is 12.1 Å². The lowest BCUT2D eigenvalue weighted by Crippen LogP contribution is -2.59. The normalized spacial score (nSPS) is 20.8. The highest BCUT2D eigenvalue weighted by Gasteiger charge is 2.35. The van der Waals surface area contributed by atoms with Crippen molar-refractivity contribution in [3.05, 3.63) is 11.2 Å². The molecule has 2 aliphatic rings. The smallest absolute Gasteiger partial charge is 0.410 e. The minimum Gasteiger partial charge on any atom is -0.444 e. The molecule has 1 fully saturated rings. The van der Waals surface area contributed by atoms with E-state index >= 15 is 0 Å². The van der Waals surface area contributed by atoms with Crippen molar-refractivity contribution in [2.24, 2.45) is 0 Å². The summed E-state index contributed by atoms with van der Waals surface area (Å²) in [6, 6.07) is 1.99. The van der Waals surface area contributed by atoms with Crippen LogP contribution < -0.4 is 10.2 Å². The highest BCUT2D eigenvalue weighted by molar-refractivity contribution is 6.29. The molecule has 3 heterocycles. The molecular weight excluding hydrogens is 306 g/mol. The Kier molecular flexibility index (Phi) is 3.76. The molecule has 1 aromatic rings. The number of piperazine rings is 1. The summed E-state index contributed by atoms with van der Waals surface area (Å²) in [5.41, 5.74) is 0.467. The van der Waals surface area contributed by atoms with Gasteiger partial charge in [-0.15, -0.1) is 10.2 Å². The van der Waals surface area contributed by atoms with Crippen molar-refractivity contribution < 1.29 is 9.53 Å². The Morgan fingerprint density at radius 1 is 1.41 bits per heavy atom. The predicted octanol–water partition coefficient (Wildman–Crippen LogP) is 1.98. The molecule has 22 heavy (non-hydrogen) atoms. The second kappa shape index (κ2) is 5.46. The zero-order valence-electron chi connectivity index (χ0n) is 13.0. The van der Waals surface area contributed by atoms with Crippen molar-refractivity contribution in [3.8, 4) is 0 Å². The summed E-state index contributed by atoms with van der Waals surface area (Å²) in [6.45, 7) is 8.29. The van der Waals surface area contributed by atoms with Gasteiger partial charge in [0.25, 0.3) is 0 Å². The number of rotatable bonds is 0. The number of nitrogens with zero attached hydrogens (tertiary/aromatic N) is 4. The Morgan fingerprint density at radius 2 is 2.18 bits per heavy atom. The maximum atomic E-state index is 12.2. The molecule has 120 valence electrons. The number of anilines is 2. The number of halogens is 1. The molecule has 0 aliphatic carbocycles. The molecule has 0 bridgehead atoms. The van der Waals surface area contributed by atoms with E-state index in [1.807, 2.05) is 26.8 Å². The van der Waals surface area contributed by atoms with Gasteiger partial charge < -0.3 is 19.9 Å². The fraction of sp³-hybridized carbons (Fsp3) is 0.643. The first-order chi connectivity index (χ1) is 10.3. The van der Waals surface area contributed by atoms with Crippen LogP contribution in [-0.4, -0.2) is 59.0 Å². The van der Waals surface area contributed by atoms with Crippen molar-refractivity contribution >= 4 is 29.2 Å². The number of aromatic nitrogens is 2. The van der Waals surface area contributed by atoms with Crippen LogP contribution in [0.3, 0.4) is 0 Å². The van der Waals surface area contributed by atoms with E-state index in [0.29, 0.717) is 24.8 Å². The summed E-state index contributed by atoms with van der Waals surface area (Å²) in [4.78, 5) is 16.2. The lowest BCUT2D eigenvalue weighted by molar-refractivity contribution is 0.0216. The number of nitrogens with one attached hydrogen (secondary N) is 1. The molecule has 1 N–H and O–H groups in total. The average Bonchev–Trinajstić information content (AvgIpc) is 2.44. The summed E-state index contributed by atoms with van der Waals surface area (Å²) in [5, 5.41) is 11.5. The summed E-state index contributed by atoms with van der Waals surface area (Å²) < 4.78 is 5.45. The van der Waals surface area contributed by atoms with E-state index in [1.54, 1.807) is 4.90 Å². The lowest BCUT2D eigenvalue weighted by atomic mass is 10.1. The number of hydrogen-bond acceptors (Lipinski definition) is 6. The fourth-order valence-corrected chi connectivity index (χ4v) is 2.90. The molecule has 1 aromatic heterocycles. The van der Waals surface area contributed by atoms with Gasteiger partial charge in [-0.3, -0.25) is 0 Å². The van der Waals surface area contributed by atoms with E-state index in [1.165, 1.54) is 0 Å². The van der Waals surface area contributed by atoms with Crippen LogP contribution in [0.15, 0.2) is 6.07 Å². The highest BCUT2D eigenvalue weighted by atomic mass is 35.5. The second-order valence-corrected chi connectivity index (χ2v) is 6.94. The largest absolute Gasteiger partial charge is 0.444 e. The molecule has 2 aliphatic heterocycles. The predicted molar refractivity (Wildman–Crippen MR) is 84.5 cm³/mol. The minimum absolute atomic E-state index is 0.175. The zero-order valence-corrected chi connectivity index (χ0v) is 13.7. The second-order valence-electron chi connectivity index (χ2n) is 6.56. The van der Waals surface area contributed by atoms with Crippen molar-refractivity contribution in [1.29, 1.82) is 0 Å². The van der Waals surface area contributed by atoms with E-state index in [2.05, 4.69) is 20.4 Å². The third-order valence-corrected chi connectivity index (χ3v) is 3.88. The Morgan fingerprint density at radius 3 is 2.91 bits per heavy atom. The first kappa shape index (κ1) is 15.1. The number of amides is 1. The van der Waals surface area contributed by atoms with Crippen LogP contribution >= 0.6 is 11.6 Å².